The van der Waals surface area contributed by atoms with Gasteiger partial charge in [-0.05, 0) is 12.5 Å². The Balaban J connectivity index is 2.03. The largest absolute Gasteiger partial charge is 0.489 e. The number of carbonyl (C=O) groups is 1. The second kappa shape index (κ2) is 14.6. The summed E-state index contributed by atoms with van der Waals surface area (Å²) >= 11 is 12.7. The molecule has 1 N–H and O–H groups in total. The molecule has 2 aromatic carbocycles. The maximum Gasteiger partial charge on any atom is 0.273 e. The quantitative estimate of drug-likeness (QED) is 0.239. The zero-order valence-corrected chi connectivity index (χ0v) is 20.4. The maximum atomic E-state index is 12.2. The molecule has 0 saturated carbocycles. The minimum Gasteiger partial charge on any atom is -0.489 e. The van der Waals surface area contributed by atoms with Crippen molar-refractivity contribution in [3.8, 4) is 11.5 Å². The van der Waals surface area contributed by atoms with E-state index in [9.17, 15) is 4.79 Å². The van der Waals surface area contributed by atoms with Crippen LogP contribution in [0.25, 0.3) is 0 Å². The van der Waals surface area contributed by atoms with E-state index in [-0.39, 0.29) is 18.2 Å². The molecule has 0 saturated heterocycles. The zero-order chi connectivity index (χ0) is 24.1. The minimum atomic E-state index is -0.376. The molecule has 0 aliphatic rings. The van der Waals surface area contributed by atoms with Crippen LogP contribution < -0.4 is 14.8 Å². The standard InChI is InChI=1S/C23H28Cl2N2O6/c1-4-30-9-10-31-11-12-32-22-19(24)13-17(14-20(22)25)33-15-16-7-5-6-8-18(16)21(27-29-3)23(28)26-2/h5-8,13-14H,4,9-12,15H2,1-3H3,(H,26,28)/b27-21+. The Labute approximate surface area is 203 Å². The molecule has 0 radical (unpaired) electrons. The van der Waals surface area contributed by atoms with E-state index < -0.39 is 0 Å². The van der Waals surface area contributed by atoms with Crippen molar-refractivity contribution < 1.29 is 28.6 Å². The number of nitrogens with one attached hydrogen (secondary N) is 1. The van der Waals surface area contributed by atoms with E-state index in [1.165, 1.54) is 14.2 Å². The lowest BCUT2D eigenvalue weighted by Gasteiger charge is -2.14. The fraction of sp³-hybridized carbons (Fsp3) is 0.391. The first-order chi connectivity index (χ1) is 16.0. The molecule has 0 heterocycles. The Morgan fingerprint density at radius 3 is 2.33 bits per heavy atom. The first kappa shape index (κ1) is 26.7. The molecule has 0 unspecified atom stereocenters. The van der Waals surface area contributed by atoms with Crippen LogP contribution >= 0.6 is 23.2 Å². The Kier molecular flexibility index (Phi) is 11.8. The summed E-state index contributed by atoms with van der Waals surface area (Å²) in [6.45, 7) is 4.43. The summed E-state index contributed by atoms with van der Waals surface area (Å²) in [5.74, 6) is 0.428. The molecule has 2 aromatic rings. The van der Waals surface area contributed by atoms with Gasteiger partial charge in [-0.1, -0.05) is 52.6 Å². The third-order valence-corrected chi connectivity index (χ3v) is 4.88. The van der Waals surface area contributed by atoms with E-state index in [0.717, 1.165) is 5.56 Å². The van der Waals surface area contributed by atoms with E-state index in [4.69, 9.17) is 47.0 Å². The third kappa shape index (κ3) is 8.40. The van der Waals surface area contributed by atoms with Crippen LogP contribution in [0.3, 0.4) is 0 Å². The monoisotopic (exact) mass is 498 g/mol. The van der Waals surface area contributed by atoms with Crippen LogP contribution in [0.4, 0.5) is 0 Å². The van der Waals surface area contributed by atoms with Crippen molar-refractivity contribution in [1.82, 2.24) is 5.32 Å². The van der Waals surface area contributed by atoms with Gasteiger partial charge in [-0.3, -0.25) is 4.79 Å². The molecule has 0 fully saturated rings. The van der Waals surface area contributed by atoms with Crippen LogP contribution in [0.1, 0.15) is 18.1 Å². The molecule has 180 valence electrons. The van der Waals surface area contributed by atoms with Crippen molar-refractivity contribution in [1.29, 1.82) is 0 Å². The van der Waals surface area contributed by atoms with Gasteiger partial charge >= 0.3 is 0 Å². The number of ether oxygens (including phenoxy) is 4. The number of carbonyl (C=O) groups excluding carboxylic acids is 1. The topological polar surface area (TPSA) is 87.6 Å². The van der Waals surface area contributed by atoms with E-state index >= 15 is 0 Å². The lowest BCUT2D eigenvalue weighted by Crippen LogP contribution is -2.29. The first-order valence-electron chi connectivity index (χ1n) is 10.3. The van der Waals surface area contributed by atoms with Gasteiger partial charge in [0, 0.05) is 31.4 Å². The SMILES string of the molecule is CCOCCOCCOc1c(Cl)cc(OCc2ccccc2/C(=N\OC)C(=O)NC)cc1Cl. The summed E-state index contributed by atoms with van der Waals surface area (Å²) in [6.07, 6.45) is 0. The van der Waals surface area contributed by atoms with Gasteiger partial charge in [-0.25, -0.2) is 0 Å². The van der Waals surface area contributed by atoms with E-state index in [1.54, 1.807) is 24.3 Å². The normalized spacial score (nSPS) is 11.2. The molecule has 0 atom stereocenters. The average Bonchev–Trinajstić information content (AvgIpc) is 2.82. The number of hydrogen-bond donors (Lipinski definition) is 1. The summed E-state index contributed by atoms with van der Waals surface area (Å²) in [5.41, 5.74) is 1.45. The van der Waals surface area contributed by atoms with Gasteiger partial charge in [0.2, 0.25) is 0 Å². The third-order valence-electron chi connectivity index (χ3n) is 4.31. The van der Waals surface area contributed by atoms with Crippen molar-refractivity contribution in [2.24, 2.45) is 5.16 Å². The second-order valence-electron chi connectivity index (χ2n) is 6.52. The highest BCUT2D eigenvalue weighted by atomic mass is 35.5. The molecule has 1 amide bonds. The highest BCUT2D eigenvalue weighted by molar-refractivity contribution is 6.45. The molecule has 10 heteroatoms. The van der Waals surface area contributed by atoms with Gasteiger partial charge < -0.3 is 29.1 Å². The lowest BCUT2D eigenvalue weighted by atomic mass is 10.0. The van der Waals surface area contributed by atoms with Gasteiger partial charge in [-0.15, -0.1) is 0 Å². The van der Waals surface area contributed by atoms with Crippen LogP contribution in [-0.4, -0.2) is 58.8 Å². The molecule has 8 nitrogen and oxygen atoms in total. The number of benzene rings is 2. The lowest BCUT2D eigenvalue weighted by molar-refractivity contribution is -0.114. The fourth-order valence-corrected chi connectivity index (χ4v) is 3.36. The molecular weight excluding hydrogens is 471 g/mol. The van der Waals surface area contributed by atoms with Gasteiger partial charge in [0.1, 0.15) is 26.1 Å². The Morgan fingerprint density at radius 2 is 1.67 bits per heavy atom. The molecule has 0 aromatic heterocycles. The molecule has 0 aliphatic heterocycles. The predicted octanol–water partition coefficient (Wildman–Crippen LogP) is 4.10. The van der Waals surface area contributed by atoms with E-state index in [0.29, 0.717) is 60.1 Å². The molecule has 0 bridgehead atoms. The number of halogens is 2. The second-order valence-corrected chi connectivity index (χ2v) is 7.34. The molecular formula is C23H28Cl2N2O6. The summed E-state index contributed by atoms with van der Waals surface area (Å²) < 4.78 is 22.1. The summed E-state index contributed by atoms with van der Waals surface area (Å²) in [6, 6.07) is 10.5. The smallest absolute Gasteiger partial charge is 0.273 e. The number of nitrogens with zero attached hydrogens (tertiary/aromatic N) is 1. The van der Waals surface area contributed by atoms with Crippen molar-refractivity contribution in [2.45, 2.75) is 13.5 Å². The van der Waals surface area contributed by atoms with Crippen LogP contribution in [0.15, 0.2) is 41.6 Å². The Hall–Kier alpha value is -2.52. The van der Waals surface area contributed by atoms with Crippen molar-refractivity contribution >= 4 is 34.8 Å². The molecule has 2 rings (SSSR count). The highest BCUT2D eigenvalue weighted by Gasteiger charge is 2.18. The van der Waals surface area contributed by atoms with Crippen molar-refractivity contribution in [3.63, 3.8) is 0 Å². The van der Waals surface area contributed by atoms with Gasteiger partial charge in [0.05, 0.1) is 29.9 Å². The van der Waals surface area contributed by atoms with Crippen molar-refractivity contribution in [3.05, 3.63) is 57.6 Å². The predicted molar refractivity (Wildman–Crippen MR) is 128 cm³/mol. The van der Waals surface area contributed by atoms with Crippen LogP contribution in [0, 0.1) is 0 Å². The number of rotatable bonds is 14. The highest BCUT2D eigenvalue weighted by Crippen LogP contribution is 2.37. The Bertz CT molecular complexity index is 916. The maximum absolute atomic E-state index is 12.2. The van der Waals surface area contributed by atoms with Crippen LogP contribution in [-0.2, 0) is 25.7 Å². The van der Waals surface area contributed by atoms with E-state index in [2.05, 4.69) is 10.5 Å². The Morgan fingerprint density at radius 1 is 1.00 bits per heavy atom. The number of amides is 1. The van der Waals surface area contributed by atoms with Gasteiger partial charge in [0.25, 0.3) is 5.91 Å². The van der Waals surface area contributed by atoms with E-state index in [1.807, 2.05) is 19.1 Å². The molecule has 0 aliphatic carbocycles. The number of likely N-dealkylation sites (N-methyl/N-ethyl adjacent to an activating group) is 1. The first-order valence-corrected chi connectivity index (χ1v) is 11.1. The van der Waals surface area contributed by atoms with Crippen LogP contribution in [0.2, 0.25) is 10.0 Å². The molecule has 0 spiro atoms. The van der Waals surface area contributed by atoms with Crippen molar-refractivity contribution in [2.75, 3.05) is 47.2 Å². The molecule has 33 heavy (non-hydrogen) atoms. The summed E-state index contributed by atoms with van der Waals surface area (Å²) in [5, 5.41) is 7.02. The van der Waals surface area contributed by atoms with Gasteiger partial charge in [0.15, 0.2) is 11.5 Å². The van der Waals surface area contributed by atoms with Crippen LogP contribution in [0.5, 0.6) is 11.5 Å². The summed E-state index contributed by atoms with van der Waals surface area (Å²) in [4.78, 5) is 17.0. The number of oxime groups is 1. The minimum absolute atomic E-state index is 0.141. The zero-order valence-electron chi connectivity index (χ0n) is 18.9. The van der Waals surface area contributed by atoms with Gasteiger partial charge in [-0.2, -0.15) is 0 Å². The number of hydrogen-bond acceptors (Lipinski definition) is 7. The summed E-state index contributed by atoms with van der Waals surface area (Å²) in [7, 11) is 2.90. The average molecular weight is 499 g/mol. The fourth-order valence-electron chi connectivity index (χ4n) is 2.79.